The fourth-order valence-corrected chi connectivity index (χ4v) is 1.96. The van der Waals surface area contributed by atoms with Crippen molar-refractivity contribution in [1.82, 2.24) is 4.90 Å². The SMILES string of the molecule is CCS(=O)(=O)O[C@H]1CCCN1C. The summed E-state index contributed by atoms with van der Waals surface area (Å²) >= 11 is 0. The first-order valence-corrected chi connectivity index (χ1v) is 5.74. The second-order valence-electron chi connectivity index (χ2n) is 3.02. The van der Waals surface area contributed by atoms with E-state index in [1.54, 1.807) is 6.92 Å². The van der Waals surface area contributed by atoms with E-state index in [1.807, 2.05) is 11.9 Å². The fourth-order valence-electron chi connectivity index (χ4n) is 1.24. The van der Waals surface area contributed by atoms with Gasteiger partial charge in [0.2, 0.25) is 0 Å². The van der Waals surface area contributed by atoms with Crippen molar-refractivity contribution in [2.24, 2.45) is 0 Å². The monoisotopic (exact) mass is 193 g/mol. The van der Waals surface area contributed by atoms with Gasteiger partial charge in [0.15, 0.2) is 0 Å². The zero-order valence-corrected chi connectivity index (χ0v) is 8.30. The van der Waals surface area contributed by atoms with E-state index in [9.17, 15) is 8.42 Å². The Hall–Kier alpha value is -0.130. The summed E-state index contributed by atoms with van der Waals surface area (Å²) in [5.41, 5.74) is 0. The van der Waals surface area contributed by atoms with Gasteiger partial charge in [0.25, 0.3) is 10.1 Å². The third kappa shape index (κ3) is 2.43. The second kappa shape index (κ2) is 3.72. The molecular weight excluding hydrogens is 178 g/mol. The summed E-state index contributed by atoms with van der Waals surface area (Å²) in [4.78, 5) is 1.92. The quantitative estimate of drug-likeness (QED) is 0.609. The smallest absolute Gasteiger partial charge is 0.268 e. The molecule has 1 heterocycles. The maximum atomic E-state index is 11.1. The largest absolute Gasteiger partial charge is 0.280 e. The Labute approximate surface area is 73.6 Å². The maximum Gasteiger partial charge on any atom is 0.268 e. The second-order valence-corrected chi connectivity index (χ2v) is 4.91. The first-order valence-electron chi connectivity index (χ1n) is 4.16. The highest BCUT2D eigenvalue weighted by atomic mass is 32.2. The van der Waals surface area contributed by atoms with Crippen LogP contribution in [0.4, 0.5) is 0 Å². The molecule has 72 valence electrons. The summed E-state index contributed by atoms with van der Waals surface area (Å²) in [6, 6.07) is 0. The lowest BCUT2D eigenvalue weighted by Crippen LogP contribution is -2.30. The van der Waals surface area contributed by atoms with E-state index in [0.717, 1.165) is 19.4 Å². The van der Waals surface area contributed by atoms with Gasteiger partial charge in [-0.05, 0) is 26.8 Å². The van der Waals surface area contributed by atoms with E-state index in [4.69, 9.17) is 4.18 Å². The van der Waals surface area contributed by atoms with Crippen LogP contribution >= 0.6 is 0 Å². The molecule has 1 aliphatic heterocycles. The number of hydrogen-bond donors (Lipinski definition) is 0. The van der Waals surface area contributed by atoms with Gasteiger partial charge in [-0.15, -0.1) is 0 Å². The summed E-state index contributed by atoms with van der Waals surface area (Å²) in [5.74, 6) is 0.0529. The van der Waals surface area contributed by atoms with Gasteiger partial charge in [-0.3, -0.25) is 9.08 Å². The summed E-state index contributed by atoms with van der Waals surface area (Å²) in [5, 5.41) is 0. The first kappa shape index (κ1) is 9.95. The van der Waals surface area contributed by atoms with Crippen LogP contribution in [0.2, 0.25) is 0 Å². The van der Waals surface area contributed by atoms with E-state index in [0.29, 0.717) is 0 Å². The average molecular weight is 193 g/mol. The predicted octanol–water partition coefficient (Wildman–Crippen LogP) is 0.404. The molecule has 0 aromatic rings. The lowest BCUT2D eigenvalue weighted by molar-refractivity contribution is 0.0881. The van der Waals surface area contributed by atoms with Gasteiger partial charge in [-0.25, -0.2) is 0 Å². The Bertz CT molecular complexity index is 237. The summed E-state index contributed by atoms with van der Waals surface area (Å²) in [7, 11) is -1.40. The van der Waals surface area contributed by atoms with Gasteiger partial charge in [-0.2, -0.15) is 8.42 Å². The molecular formula is C7H15NO3S. The number of hydrogen-bond acceptors (Lipinski definition) is 4. The normalized spacial score (nSPS) is 26.3. The topological polar surface area (TPSA) is 46.6 Å². The molecule has 0 aromatic carbocycles. The van der Waals surface area contributed by atoms with E-state index >= 15 is 0 Å². The van der Waals surface area contributed by atoms with Gasteiger partial charge in [0.1, 0.15) is 6.23 Å². The summed E-state index contributed by atoms with van der Waals surface area (Å²) < 4.78 is 27.1. The third-order valence-corrected chi connectivity index (χ3v) is 3.29. The molecule has 1 rings (SSSR count). The molecule has 12 heavy (non-hydrogen) atoms. The minimum absolute atomic E-state index is 0.0529. The van der Waals surface area contributed by atoms with Gasteiger partial charge in [0.05, 0.1) is 5.75 Å². The molecule has 1 atom stereocenters. The molecule has 0 aromatic heterocycles. The predicted molar refractivity (Wildman–Crippen MR) is 46.2 cm³/mol. The van der Waals surface area contributed by atoms with Crippen molar-refractivity contribution in [3.8, 4) is 0 Å². The van der Waals surface area contributed by atoms with Crippen LogP contribution in [0.25, 0.3) is 0 Å². The third-order valence-electron chi connectivity index (χ3n) is 2.06. The lowest BCUT2D eigenvalue weighted by atomic mass is 10.4. The van der Waals surface area contributed by atoms with Gasteiger partial charge < -0.3 is 0 Å². The number of rotatable bonds is 3. The molecule has 0 N–H and O–H groups in total. The van der Waals surface area contributed by atoms with Crippen molar-refractivity contribution in [1.29, 1.82) is 0 Å². The molecule has 0 radical (unpaired) electrons. The Kier molecular flexibility index (Phi) is 3.09. The zero-order chi connectivity index (χ0) is 9.19. The Morgan fingerprint density at radius 3 is 2.67 bits per heavy atom. The highest BCUT2D eigenvalue weighted by Crippen LogP contribution is 2.17. The van der Waals surface area contributed by atoms with Crippen molar-refractivity contribution < 1.29 is 12.6 Å². The van der Waals surface area contributed by atoms with Crippen LogP contribution in [-0.4, -0.2) is 38.9 Å². The van der Waals surface area contributed by atoms with Crippen LogP contribution in [0.1, 0.15) is 19.8 Å². The Balaban J connectivity index is 2.51. The molecule has 0 amide bonds. The van der Waals surface area contributed by atoms with Crippen molar-refractivity contribution in [3.05, 3.63) is 0 Å². The molecule has 0 saturated carbocycles. The number of likely N-dealkylation sites (tertiary alicyclic amines) is 1. The van der Waals surface area contributed by atoms with E-state index < -0.39 is 10.1 Å². The van der Waals surface area contributed by atoms with E-state index in [1.165, 1.54) is 0 Å². The summed E-state index contributed by atoms with van der Waals surface area (Å²) in [6.45, 7) is 2.51. The molecule has 4 nitrogen and oxygen atoms in total. The molecule has 1 saturated heterocycles. The molecule has 0 aliphatic carbocycles. The number of nitrogens with zero attached hydrogens (tertiary/aromatic N) is 1. The molecule has 1 aliphatic rings. The minimum atomic E-state index is -3.28. The van der Waals surface area contributed by atoms with Gasteiger partial charge in [-0.1, -0.05) is 0 Å². The standard InChI is InChI=1S/C7H15NO3S/c1-3-12(9,10)11-7-5-4-6-8(7)2/h7H,3-6H2,1-2H3/t7-/m0/s1. The van der Waals surface area contributed by atoms with Gasteiger partial charge >= 0.3 is 0 Å². The van der Waals surface area contributed by atoms with Crippen LogP contribution in [0.3, 0.4) is 0 Å². The molecule has 0 unspecified atom stereocenters. The van der Waals surface area contributed by atoms with Crippen LogP contribution < -0.4 is 0 Å². The van der Waals surface area contributed by atoms with Crippen molar-refractivity contribution in [2.75, 3.05) is 19.3 Å². The van der Waals surface area contributed by atoms with Crippen molar-refractivity contribution in [3.63, 3.8) is 0 Å². The van der Waals surface area contributed by atoms with E-state index in [-0.39, 0.29) is 12.0 Å². The molecule has 5 heteroatoms. The maximum absolute atomic E-state index is 11.1. The van der Waals surface area contributed by atoms with Crippen LogP contribution in [-0.2, 0) is 14.3 Å². The highest BCUT2D eigenvalue weighted by Gasteiger charge is 2.25. The molecule has 0 bridgehead atoms. The minimum Gasteiger partial charge on any atom is -0.280 e. The van der Waals surface area contributed by atoms with Crippen molar-refractivity contribution >= 4 is 10.1 Å². The Morgan fingerprint density at radius 1 is 1.58 bits per heavy atom. The Morgan fingerprint density at radius 2 is 2.25 bits per heavy atom. The average Bonchev–Trinajstić information content (AvgIpc) is 2.36. The lowest BCUT2D eigenvalue weighted by Gasteiger charge is -2.18. The van der Waals surface area contributed by atoms with E-state index in [2.05, 4.69) is 0 Å². The summed E-state index contributed by atoms with van der Waals surface area (Å²) in [6.07, 6.45) is 1.60. The molecule has 0 spiro atoms. The first-order chi connectivity index (χ1) is 5.55. The van der Waals surface area contributed by atoms with Crippen LogP contribution in [0, 0.1) is 0 Å². The van der Waals surface area contributed by atoms with Crippen molar-refractivity contribution in [2.45, 2.75) is 26.0 Å². The highest BCUT2D eigenvalue weighted by molar-refractivity contribution is 7.86. The molecule has 1 fully saturated rings. The van der Waals surface area contributed by atoms with Gasteiger partial charge in [0, 0.05) is 6.54 Å². The van der Waals surface area contributed by atoms with Crippen LogP contribution in [0.15, 0.2) is 0 Å². The van der Waals surface area contributed by atoms with Crippen LogP contribution in [0.5, 0.6) is 0 Å². The fraction of sp³-hybridized carbons (Fsp3) is 1.00. The zero-order valence-electron chi connectivity index (χ0n) is 7.49.